The maximum Gasteiger partial charge on any atom is 0.323 e. The molecular formula is C10H19NO2. The summed E-state index contributed by atoms with van der Waals surface area (Å²) >= 11 is 0. The molecule has 0 aliphatic carbocycles. The van der Waals surface area contributed by atoms with Gasteiger partial charge in [0.05, 0.1) is 7.11 Å². The molecule has 13 heavy (non-hydrogen) atoms. The number of nitrogens with zero attached hydrogens (tertiary/aromatic N) is 1. The van der Waals surface area contributed by atoms with E-state index in [1.807, 2.05) is 0 Å². The summed E-state index contributed by atoms with van der Waals surface area (Å²) in [5, 5.41) is 0. The number of carbonyl (C=O) groups is 1. The first kappa shape index (κ1) is 10.5. The van der Waals surface area contributed by atoms with E-state index in [-0.39, 0.29) is 12.0 Å². The lowest BCUT2D eigenvalue weighted by Crippen LogP contribution is -2.53. The average Bonchev–Trinajstić information content (AvgIpc) is 2.01. The molecule has 76 valence electrons. The van der Waals surface area contributed by atoms with E-state index in [2.05, 4.69) is 18.7 Å². The second kappa shape index (κ2) is 4.61. The Morgan fingerprint density at radius 3 is 2.69 bits per heavy atom. The zero-order chi connectivity index (χ0) is 9.84. The number of hydrogen-bond donors (Lipinski definition) is 0. The fraction of sp³-hybridized carbons (Fsp3) is 0.900. The van der Waals surface area contributed by atoms with Crippen LogP contribution in [0.15, 0.2) is 0 Å². The SMILES string of the molecule is COC(=O)C1CCN1CCC(C)C. The van der Waals surface area contributed by atoms with Crippen molar-refractivity contribution in [3.63, 3.8) is 0 Å². The maximum absolute atomic E-state index is 11.2. The number of hydrogen-bond acceptors (Lipinski definition) is 3. The molecule has 1 heterocycles. The van der Waals surface area contributed by atoms with Crippen LogP contribution in [0.1, 0.15) is 26.7 Å². The van der Waals surface area contributed by atoms with Crippen LogP contribution in [0.25, 0.3) is 0 Å². The van der Waals surface area contributed by atoms with Crippen LogP contribution in [0.3, 0.4) is 0 Å². The Labute approximate surface area is 80.1 Å². The van der Waals surface area contributed by atoms with Gasteiger partial charge in [-0.1, -0.05) is 13.8 Å². The first-order valence-corrected chi connectivity index (χ1v) is 4.97. The largest absolute Gasteiger partial charge is 0.468 e. The minimum absolute atomic E-state index is 0.0451. The summed E-state index contributed by atoms with van der Waals surface area (Å²) in [6.45, 7) is 6.48. The number of rotatable bonds is 4. The molecule has 1 saturated heterocycles. The highest BCUT2D eigenvalue weighted by atomic mass is 16.5. The van der Waals surface area contributed by atoms with Gasteiger partial charge in [0.15, 0.2) is 0 Å². The fourth-order valence-corrected chi connectivity index (χ4v) is 1.54. The van der Waals surface area contributed by atoms with Crippen LogP contribution in [-0.2, 0) is 9.53 Å². The summed E-state index contributed by atoms with van der Waals surface area (Å²) in [6, 6.07) is 0.0451. The van der Waals surface area contributed by atoms with Gasteiger partial charge < -0.3 is 4.74 Å². The monoisotopic (exact) mass is 185 g/mol. The van der Waals surface area contributed by atoms with Crippen LogP contribution in [-0.4, -0.2) is 37.1 Å². The van der Waals surface area contributed by atoms with Gasteiger partial charge >= 0.3 is 5.97 Å². The molecule has 1 unspecified atom stereocenters. The van der Waals surface area contributed by atoms with E-state index in [1.165, 1.54) is 7.11 Å². The smallest absolute Gasteiger partial charge is 0.323 e. The van der Waals surface area contributed by atoms with Crippen molar-refractivity contribution in [2.45, 2.75) is 32.7 Å². The predicted octanol–water partition coefficient (Wildman–Crippen LogP) is 1.28. The molecule has 0 N–H and O–H groups in total. The van der Waals surface area contributed by atoms with Gasteiger partial charge in [-0.25, -0.2) is 0 Å². The highest BCUT2D eigenvalue weighted by Gasteiger charge is 2.34. The van der Waals surface area contributed by atoms with Crippen molar-refractivity contribution in [2.75, 3.05) is 20.2 Å². The Kier molecular flexibility index (Phi) is 3.72. The average molecular weight is 185 g/mol. The van der Waals surface area contributed by atoms with Gasteiger partial charge in [-0.15, -0.1) is 0 Å². The molecule has 0 saturated carbocycles. The highest BCUT2D eigenvalue weighted by Crippen LogP contribution is 2.19. The second-order valence-electron chi connectivity index (χ2n) is 4.05. The first-order valence-electron chi connectivity index (χ1n) is 4.97. The van der Waals surface area contributed by atoms with Crippen LogP contribution in [0.4, 0.5) is 0 Å². The molecule has 0 aromatic carbocycles. The third-order valence-electron chi connectivity index (χ3n) is 2.60. The van der Waals surface area contributed by atoms with E-state index in [0.29, 0.717) is 5.92 Å². The third-order valence-corrected chi connectivity index (χ3v) is 2.60. The zero-order valence-corrected chi connectivity index (χ0v) is 8.75. The Balaban J connectivity index is 2.24. The van der Waals surface area contributed by atoms with E-state index in [9.17, 15) is 4.79 Å². The third kappa shape index (κ3) is 2.69. The molecule has 1 atom stereocenters. The van der Waals surface area contributed by atoms with Crippen LogP contribution in [0.2, 0.25) is 0 Å². The lowest BCUT2D eigenvalue weighted by atomic mass is 10.0. The van der Waals surface area contributed by atoms with Crippen LogP contribution in [0.5, 0.6) is 0 Å². The van der Waals surface area contributed by atoms with Crippen molar-refractivity contribution in [1.82, 2.24) is 4.90 Å². The molecule has 0 radical (unpaired) electrons. The van der Waals surface area contributed by atoms with E-state index in [4.69, 9.17) is 4.74 Å². The predicted molar refractivity (Wildman–Crippen MR) is 51.4 cm³/mol. The topological polar surface area (TPSA) is 29.5 Å². The standard InChI is InChI=1S/C10H19NO2/c1-8(2)4-6-11-7-5-9(11)10(12)13-3/h8-9H,4-7H2,1-3H3. The van der Waals surface area contributed by atoms with Crippen LogP contribution < -0.4 is 0 Å². The molecule has 0 aromatic heterocycles. The van der Waals surface area contributed by atoms with Crippen molar-refractivity contribution in [1.29, 1.82) is 0 Å². The van der Waals surface area contributed by atoms with Crippen molar-refractivity contribution in [3.8, 4) is 0 Å². The molecule has 3 heteroatoms. The molecule has 3 nitrogen and oxygen atoms in total. The van der Waals surface area contributed by atoms with Gasteiger partial charge in [0.25, 0.3) is 0 Å². The van der Waals surface area contributed by atoms with E-state index in [1.54, 1.807) is 0 Å². The summed E-state index contributed by atoms with van der Waals surface area (Å²) < 4.78 is 4.71. The summed E-state index contributed by atoms with van der Waals surface area (Å²) in [4.78, 5) is 13.4. The molecular weight excluding hydrogens is 166 g/mol. The van der Waals surface area contributed by atoms with Gasteiger partial charge in [0, 0.05) is 6.54 Å². The summed E-state index contributed by atoms with van der Waals surface area (Å²) in [5.41, 5.74) is 0. The summed E-state index contributed by atoms with van der Waals surface area (Å²) in [7, 11) is 1.46. The second-order valence-corrected chi connectivity index (χ2v) is 4.05. The first-order chi connectivity index (χ1) is 6.15. The van der Waals surface area contributed by atoms with Crippen LogP contribution in [0, 0.1) is 5.92 Å². The van der Waals surface area contributed by atoms with Crippen molar-refractivity contribution >= 4 is 5.97 Å². The highest BCUT2D eigenvalue weighted by molar-refractivity contribution is 5.76. The van der Waals surface area contributed by atoms with E-state index >= 15 is 0 Å². The van der Waals surface area contributed by atoms with Crippen LogP contribution >= 0.6 is 0 Å². The fourth-order valence-electron chi connectivity index (χ4n) is 1.54. The Morgan fingerprint density at radius 1 is 1.62 bits per heavy atom. The molecule has 0 bridgehead atoms. The summed E-state index contributed by atoms with van der Waals surface area (Å²) in [6.07, 6.45) is 2.12. The number of esters is 1. The van der Waals surface area contributed by atoms with Crippen molar-refractivity contribution < 1.29 is 9.53 Å². The van der Waals surface area contributed by atoms with Crippen molar-refractivity contribution in [2.24, 2.45) is 5.92 Å². The minimum Gasteiger partial charge on any atom is -0.468 e. The number of likely N-dealkylation sites (tertiary alicyclic amines) is 1. The zero-order valence-electron chi connectivity index (χ0n) is 8.75. The molecule has 1 aliphatic rings. The van der Waals surface area contributed by atoms with E-state index < -0.39 is 0 Å². The molecule has 0 amide bonds. The molecule has 1 aliphatic heterocycles. The number of ether oxygens (including phenoxy) is 1. The van der Waals surface area contributed by atoms with Gasteiger partial charge in [-0.2, -0.15) is 0 Å². The van der Waals surface area contributed by atoms with Gasteiger partial charge in [-0.3, -0.25) is 9.69 Å². The van der Waals surface area contributed by atoms with Gasteiger partial charge in [-0.05, 0) is 25.3 Å². The number of carbonyl (C=O) groups excluding carboxylic acids is 1. The lowest BCUT2D eigenvalue weighted by molar-refractivity contribution is -0.152. The molecule has 0 spiro atoms. The van der Waals surface area contributed by atoms with Gasteiger partial charge in [0.1, 0.15) is 6.04 Å². The van der Waals surface area contributed by atoms with Gasteiger partial charge in [0.2, 0.25) is 0 Å². The Bertz CT molecular complexity index is 180. The number of methoxy groups -OCH3 is 1. The quantitative estimate of drug-likeness (QED) is 0.618. The lowest BCUT2D eigenvalue weighted by Gasteiger charge is -2.39. The Morgan fingerprint density at radius 2 is 2.31 bits per heavy atom. The Hall–Kier alpha value is -0.570. The molecule has 1 fully saturated rings. The van der Waals surface area contributed by atoms with Crippen molar-refractivity contribution in [3.05, 3.63) is 0 Å². The molecule has 1 rings (SSSR count). The van der Waals surface area contributed by atoms with E-state index in [0.717, 1.165) is 25.9 Å². The molecule has 0 aromatic rings. The maximum atomic E-state index is 11.2. The normalized spacial score (nSPS) is 22.9. The summed E-state index contributed by atoms with van der Waals surface area (Å²) in [5.74, 6) is 0.633. The minimum atomic E-state index is -0.0741.